The zero-order valence-electron chi connectivity index (χ0n) is 10.0. The largest absolute Gasteiger partial charge is 0.398 e. The molecule has 3 N–H and O–H groups in total. The van der Waals surface area contributed by atoms with Gasteiger partial charge >= 0.3 is 0 Å². The Balaban J connectivity index is 2.38. The molecule has 18 heavy (non-hydrogen) atoms. The van der Waals surface area contributed by atoms with Gasteiger partial charge in [-0.05, 0) is 24.6 Å². The molecule has 0 aliphatic heterocycles. The van der Waals surface area contributed by atoms with E-state index < -0.39 is 6.10 Å². The summed E-state index contributed by atoms with van der Waals surface area (Å²) >= 11 is 3.37. The highest BCUT2D eigenvalue weighted by atomic mass is 79.9. The third-order valence-corrected chi connectivity index (χ3v) is 3.16. The number of aryl methyl sites for hydroxylation is 1. The number of rotatable bonds is 4. The van der Waals surface area contributed by atoms with Crippen molar-refractivity contribution < 1.29 is 5.11 Å². The smallest absolute Gasteiger partial charge is 0.160 e. The molecule has 0 radical (unpaired) electrons. The molecule has 0 bridgehead atoms. The number of aliphatic hydroxyl groups excluding tert-OH is 1. The Morgan fingerprint density at radius 3 is 3.00 bits per heavy atom. The molecule has 1 heterocycles. The van der Waals surface area contributed by atoms with Crippen molar-refractivity contribution in [3.63, 3.8) is 0 Å². The van der Waals surface area contributed by atoms with Gasteiger partial charge in [0.15, 0.2) is 5.82 Å². The first-order valence-electron chi connectivity index (χ1n) is 5.74. The van der Waals surface area contributed by atoms with Gasteiger partial charge in [0.2, 0.25) is 0 Å². The molecule has 0 amide bonds. The Bertz CT molecular complexity index is 541. The van der Waals surface area contributed by atoms with Crippen molar-refractivity contribution in [2.75, 3.05) is 5.73 Å². The highest BCUT2D eigenvalue weighted by Gasteiger charge is 2.19. The normalized spacial score (nSPS) is 12.6. The van der Waals surface area contributed by atoms with Crippen LogP contribution in [0.1, 0.15) is 30.8 Å². The van der Waals surface area contributed by atoms with E-state index in [4.69, 9.17) is 5.73 Å². The summed E-state index contributed by atoms with van der Waals surface area (Å²) in [5, 5.41) is 14.5. The molecule has 0 saturated heterocycles. The van der Waals surface area contributed by atoms with E-state index in [9.17, 15) is 5.11 Å². The van der Waals surface area contributed by atoms with E-state index in [1.165, 1.54) is 6.33 Å². The maximum atomic E-state index is 10.4. The maximum absolute atomic E-state index is 10.4. The Morgan fingerprint density at radius 1 is 1.50 bits per heavy atom. The van der Waals surface area contributed by atoms with Crippen LogP contribution in [0, 0.1) is 0 Å². The number of hydrogen-bond donors (Lipinski definition) is 2. The van der Waals surface area contributed by atoms with E-state index in [1.807, 2.05) is 13.0 Å². The van der Waals surface area contributed by atoms with Gasteiger partial charge in [-0.3, -0.25) is 0 Å². The molecule has 0 saturated carbocycles. The molecule has 1 atom stereocenters. The van der Waals surface area contributed by atoms with Crippen LogP contribution in [0.15, 0.2) is 29.0 Å². The van der Waals surface area contributed by atoms with Crippen LogP contribution in [0.5, 0.6) is 0 Å². The van der Waals surface area contributed by atoms with Crippen LogP contribution in [-0.2, 0) is 6.54 Å². The monoisotopic (exact) mass is 310 g/mol. The van der Waals surface area contributed by atoms with E-state index in [2.05, 4.69) is 26.0 Å². The Kier molecular flexibility index (Phi) is 3.98. The summed E-state index contributed by atoms with van der Waals surface area (Å²) in [7, 11) is 0. The molecule has 0 aliphatic rings. The van der Waals surface area contributed by atoms with Gasteiger partial charge in [0.1, 0.15) is 12.4 Å². The fourth-order valence-electron chi connectivity index (χ4n) is 1.79. The van der Waals surface area contributed by atoms with Gasteiger partial charge in [-0.15, -0.1) is 0 Å². The summed E-state index contributed by atoms with van der Waals surface area (Å²) in [6, 6.07) is 5.39. The average Bonchev–Trinajstić information content (AvgIpc) is 2.80. The molecule has 2 aromatic rings. The van der Waals surface area contributed by atoms with Crippen molar-refractivity contribution in [1.29, 1.82) is 0 Å². The van der Waals surface area contributed by atoms with E-state index in [0.717, 1.165) is 17.4 Å². The van der Waals surface area contributed by atoms with Crippen LogP contribution in [0.3, 0.4) is 0 Å². The SMILES string of the molecule is CCCn1ncnc1C(O)c1cc(Br)ccc1N. The number of nitrogens with two attached hydrogens (primary N) is 1. The zero-order chi connectivity index (χ0) is 13.1. The van der Waals surface area contributed by atoms with Crippen molar-refractivity contribution in [2.45, 2.75) is 26.0 Å². The Labute approximate surface area is 114 Å². The summed E-state index contributed by atoms with van der Waals surface area (Å²) in [6.07, 6.45) is 1.51. The van der Waals surface area contributed by atoms with E-state index in [-0.39, 0.29) is 0 Å². The highest BCUT2D eigenvalue weighted by Crippen LogP contribution is 2.28. The summed E-state index contributed by atoms with van der Waals surface area (Å²) in [6.45, 7) is 2.77. The molecule has 96 valence electrons. The minimum absolute atomic E-state index is 0.515. The van der Waals surface area contributed by atoms with Gasteiger partial charge < -0.3 is 10.8 Å². The summed E-state index contributed by atoms with van der Waals surface area (Å²) in [4.78, 5) is 4.11. The topological polar surface area (TPSA) is 77.0 Å². The molecule has 0 spiro atoms. The van der Waals surface area contributed by atoms with Crippen LogP contribution < -0.4 is 5.73 Å². The summed E-state index contributed by atoms with van der Waals surface area (Å²) < 4.78 is 2.57. The molecule has 1 aromatic carbocycles. The number of halogens is 1. The molecular formula is C12H15BrN4O. The molecule has 5 nitrogen and oxygen atoms in total. The number of nitrogen functional groups attached to an aromatic ring is 1. The first kappa shape index (κ1) is 13.0. The van der Waals surface area contributed by atoms with Gasteiger partial charge in [-0.25, -0.2) is 9.67 Å². The minimum Gasteiger partial charge on any atom is -0.398 e. The molecule has 1 aromatic heterocycles. The second kappa shape index (κ2) is 5.49. The predicted molar refractivity (Wildman–Crippen MR) is 72.9 cm³/mol. The second-order valence-corrected chi connectivity index (χ2v) is 4.93. The predicted octanol–water partition coefficient (Wildman–Crippen LogP) is 2.11. The number of hydrogen-bond acceptors (Lipinski definition) is 4. The number of aliphatic hydroxyl groups is 1. The second-order valence-electron chi connectivity index (χ2n) is 4.02. The minimum atomic E-state index is -0.864. The van der Waals surface area contributed by atoms with Crippen molar-refractivity contribution in [2.24, 2.45) is 0 Å². The van der Waals surface area contributed by atoms with E-state index in [0.29, 0.717) is 17.1 Å². The molecule has 0 aliphatic carbocycles. The van der Waals surface area contributed by atoms with E-state index >= 15 is 0 Å². The van der Waals surface area contributed by atoms with Crippen molar-refractivity contribution >= 4 is 21.6 Å². The first-order valence-corrected chi connectivity index (χ1v) is 6.53. The fraction of sp³-hybridized carbons (Fsp3) is 0.333. The average molecular weight is 311 g/mol. The Morgan fingerprint density at radius 2 is 2.28 bits per heavy atom. The lowest BCUT2D eigenvalue weighted by atomic mass is 10.1. The first-order chi connectivity index (χ1) is 8.63. The third kappa shape index (κ3) is 2.54. The number of benzene rings is 1. The molecule has 6 heteroatoms. The standard InChI is InChI=1S/C12H15BrN4O/c1-2-5-17-12(15-7-16-17)11(18)9-6-8(13)3-4-10(9)14/h3-4,6-7,11,18H,2,5,14H2,1H3. The number of aromatic nitrogens is 3. The maximum Gasteiger partial charge on any atom is 0.160 e. The van der Waals surface area contributed by atoms with Crippen molar-refractivity contribution in [3.8, 4) is 0 Å². The third-order valence-electron chi connectivity index (χ3n) is 2.67. The Hall–Kier alpha value is -1.40. The molecule has 2 rings (SSSR count). The lowest BCUT2D eigenvalue weighted by Crippen LogP contribution is -2.12. The van der Waals surface area contributed by atoms with Gasteiger partial charge in [0.25, 0.3) is 0 Å². The summed E-state index contributed by atoms with van der Waals surface area (Å²) in [5.41, 5.74) is 7.05. The zero-order valence-corrected chi connectivity index (χ0v) is 11.6. The van der Waals surface area contributed by atoms with Crippen molar-refractivity contribution in [1.82, 2.24) is 14.8 Å². The molecular weight excluding hydrogens is 296 g/mol. The lowest BCUT2D eigenvalue weighted by molar-refractivity contribution is 0.203. The van der Waals surface area contributed by atoms with Crippen molar-refractivity contribution in [3.05, 3.63) is 40.4 Å². The number of anilines is 1. The van der Waals surface area contributed by atoms with E-state index in [1.54, 1.807) is 16.8 Å². The molecule has 0 fully saturated rings. The van der Waals surface area contributed by atoms with Crippen LogP contribution >= 0.6 is 15.9 Å². The van der Waals surface area contributed by atoms with Gasteiger partial charge in [0, 0.05) is 22.3 Å². The summed E-state index contributed by atoms with van der Waals surface area (Å²) in [5.74, 6) is 0.515. The lowest BCUT2D eigenvalue weighted by Gasteiger charge is -2.14. The fourth-order valence-corrected chi connectivity index (χ4v) is 2.17. The number of nitrogens with zero attached hydrogens (tertiary/aromatic N) is 3. The van der Waals surface area contributed by atoms with Gasteiger partial charge in [-0.1, -0.05) is 22.9 Å². The van der Waals surface area contributed by atoms with Gasteiger partial charge in [0.05, 0.1) is 0 Å². The van der Waals surface area contributed by atoms with Crippen LogP contribution in [0.2, 0.25) is 0 Å². The quantitative estimate of drug-likeness (QED) is 0.848. The van der Waals surface area contributed by atoms with Gasteiger partial charge in [-0.2, -0.15) is 5.10 Å². The van der Waals surface area contributed by atoms with Crippen LogP contribution in [0.4, 0.5) is 5.69 Å². The van der Waals surface area contributed by atoms with Crippen LogP contribution in [-0.4, -0.2) is 19.9 Å². The van der Waals surface area contributed by atoms with Crippen LogP contribution in [0.25, 0.3) is 0 Å². The highest BCUT2D eigenvalue weighted by molar-refractivity contribution is 9.10. The molecule has 1 unspecified atom stereocenters.